The van der Waals surface area contributed by atoms with Gasteiger partial charge in [0, 0.05) is 18.8 Å². The largest absolute Gasteiger partial charge is 0.416 e. The molecular formula is C18H20F3N3O2. The Morgan fingerprint density at radius 1 is 0.923 bits per heavy atom. The van der Waals surface area contributed by atoms with Crippen molar-refractivity contribution < 1.29 is 23.4 Å². The standard InChI is InChI=1S/C18H20F3N3O2/c1-13-12-16(24(8-10-25)9-11-26)6-7-17(13)23-22-15-4-2-14(3-5-15)18(19,20)21/h2-7,12,25-26H,8-11H2,1H3. The van der Waals surface area contributed by atoms with Crippen molar-refractivity contribution >= 4 is 17.1 Å². The van der Waals surface area contributed by atoms with Gasteiger partial charge in [0.15, 0.2) is 0 Å². The van der Waals surface area contributed by atoms with Gasteiger partial charge in [0.1, 0.15) is 0 Å². The fraction of sp³-hybridized carbons (Fsp3) is 0.333. The first kappa shape index (κ1) is 19.9. The Morgan fingerprint density at radius 3 is 2.04 bits per heavy atom. The number of aliphatic hydroxyl groups is 2. The van der Waals surface area contributed by atoms with Crippen LogP contribution in [-0.2, 0) is 6.18 Å². The van der Waals surface area contributed by atoms with Gasteiger partial charge in [-0.25, -0.2) is 0 Å². The number of nitrogens with zero attached hydrogens (tertiary/aromatic N) is 3. The van der Waals surface area contributed by atoms with E-state index in [1.54, 1.807) is 12.1 Å². The predicted octanol–water partition coefficient (Wildman–Crippen LogP) is 4.22. The molecule has 0 amide bonds. The molecule has 8 heteroatoms. The fourth-order valence-corrected chi connectivity index (χ4v) is 2.39. The summed E-state index contributed by atoms with van der Waals surface area (Å²) in [5, 5.41) is 26.3. The molecule has 0 radical (unpaired) electrons. The number of alkyl halides is 3. The van der Waals surface area contributed by atoms with Crippen LogP contribution in [0.3, 0.4) is 0 Å². The second-order valence-electron chi connectivity index (χ2n) is 5.65. The number of aliphatic hydroxyl groups excluding tert-OH is 2. The minimum atomic E-state index is -4.38. The van der Waals surface area contributed by atoms with Gasteiger partial charge in [-0.3, -0.25) is 0 Å². The number of hydrogen-bond acceptors (Lipinski definition) is 5. The zero-order valence-electron chi connectivity index (χ0n) is 14.2. The number of azo groups is 1. The molecule has 0 saturated heterocycles. The lowest BCUT2D eigenvalue weighted by Gasteiger charge is -2.23. The maximum atomic E-state index is 12.5. The van der Waals surface area contributed by atoms with Crippen LogP contribution >= 0.6 is 0 Å². The third-order valence-corrected chi connectivity index (χ3v) is 3.75. The zero-order chi connectivity index (χ0) is 19.2. The number of benzene rings is 2. The normalized spacial score (nSPS) is 11.9. The summed E-state index contributed by atoms with van der Waals surface area (Å²) >= 11 is 0. The summed E-state index contributed by atoms with van der Waals surface area (Å²) in [6.07, 6.45) is -4.38. The van der Waals surface area contributed by atoms with Crippen molar-refractivity contribution in [3.05, 3.63) is 53.6 Å². The van der Waals surface area contributed by atoms with Crippen LogP contribution in [0.5, 0.6) is 0 Å². The van der Waals surface area contributed by atoms with Crippen LogP contribution in [0, 0.1) is 6.92 Å². The summed E-state index contributed by atoms with van der Waals surface area (Å²) in [4.78, 5) is 1.84. The molecule has 2 rings (SSSR count). The maximum absolute atomic E-state index is 12.5. The Kier molecular flexibility index (Phi) is 6.70. The number of anilines is 1. The Balaban J connectivity index is 2.15. The molecule has 0 aliphatic carbocycles. The van der Waals surface area contributed by atoms with Crippen LogP contribution in [0.25, 0.3) is 0 Å². The monoisotopic (exact) mass is 367 g/mol. The van der Waals surface area contributed by atoms with Crippen molar-refractivity contribution in [3.63, 3.8) is 0 Å². The minimum absolute atomic E-state index is 0.0333. The first-order valence-electron chi connectivity index (χ1n) is 8.01. The van der Waals surface area contributed by atoms with Crippen LogP contribution in [0.15, 0.2) is 52.7 Å². The Bertz CT molecular complexity index is 740. The van der Waals surface area contributed by atoms with Crippen molar-refractivity contribution in [1.82, 2.24) is 0 Å². The van der Waals surface area contributed by atoms with E-state index in [1.807, 2.05) is 17.9 Å². The molecule has 0 heterocycles. The molecule has 140 valence electrons. The van der Waals surface area contributed by atoms with Crippen LogP contribution in [-0.4, -0.2) is 36.5 Å². The summed E-state index contributed by atoms with van der Waals surface area (Å²) in [6, 6.07) is 9.84. The van der Waals surface area contributed by atoms with Gasteiger partial charge >= 0.3 is 6.18 Å². The van der Waals surface area contributed by atoms with Gasteiger partial charge < -0.3 is 15.1 Å². The van der Waals surface area contributed by atoms with E-state index in [4.69, 9.17) is 10.2 Å². The Morgan fingerprint density at radius 2 is 1.54 bits per heavy atom. The van der Waals surface area contributed by atoms with E-state index in [1.165, 1.54) is 12.1 Å². The lowest BCUT2D eigenvalue weighted by atomic mass is 10.1. The maximum Gasteiger partial charge on any atom is 0.416 e. The van der Waals surface area contributed by atoms with Gasteiger partial charge in [-0.15, -0.1) is 0 Å². The fourth-order valence-electron chi connectivity index (χ4n) is 2.39. The third kappa shape index (κ3) is 5.27. The Hall–Kier alpha value is -2.45. The molecule has 5 nitrogen and oxygen atoms in total. The zero-order valence-corrected chi connectivity index (χ0v) is 14.2. The molecule has 0 spiro atoms. The molecule has 0 bridgehead atoms. The summed E-state index contributed by atoms with van der Waals surface area (Å²) < 4.78 is 37.6. The highest BCUT2D eigenvalue weighted by Gasteiger charge is 2.29. The average molecular weight is 367 g/mol. The molecule has 0 fully saturated rings. The van der Waals surface area contributed by atoms with E-state index in [9.17, 15) is 13.2 Å². The highest BCUT2D eigenvalue weighted by molar-refractivity contribution is 5.57. The van der Waals surface area contributed by atoms with Crippen molar-refractivity contribution in [2.45, 2.75) is 13.1 Å². The summed E-state index contributed by atoms with van der Waals surface area (Å²) in [5.41, 5.74) is 1.83. The highest BCUT2D eigenvalue weighted by Crippen LogP contribution is 2.31. The lowest BCUT2D eigenvalue weighted by Crippen LogP contribution is -2.29. The molecular weight excluding hydrogens is 347 g/mol. The van der Waals surface area contributed by atoms with E-state index in [0.717, 1.165) is 23.4 Å². The highest BCUT2D eigenvalue weighted by atomic mass is 19.4. The number of rotatable bonds is 7. The summed E-state index contributed by atoms with van der Waals surface area (Å²) in [5.74, 6) is 0. The molecule has 0 aliphatic heterocycles. The van der Waals surface area contributed by atoms with Gasteiger partial charge in [-0.2, -0.15) is 23.4 Å². The van der Waals surface area contributed by atoms with E-state index in [-0.39, 0.29) is 13.2 Å². The number of aryl methyl sites for hydroxylation is 1. The van der Waals surface area contributed by atoms with Crippen LogP contribution in [0.1, 0.15) is 11.1 Å². The summed E-state index contributed by atoms with van der Waals surface area (Å²) in [6.45, 7) is 2.56. The number of hydrogen-bond donors (Lipinski definition) is 2. The first-order chi connectivity index (χ1) is 12.3. The number of halogens is 3. The minimum Gasteiger partial charge on any atom is -0.395 e. The summed E-state index contributed by atoms with van der Waals surface area (Å²) in [7, 11) is 0. The molecule has 2 aromatic carbocycles. The van der Waals surface area contributed by atoms with Gasteiger partial charge in [0.2, 0.25) is 0 Å². The van der Waals surface area contributed by atoms with Crippen molar-refractivity contribution in [2.24, 2.45) is 10.2 Å². The van der Waals surface area contributed by atoms with Gasteiger partial charge in [0.05, 0.1) is 30.2 Å². The molecule has 2 aromatic rings. The van der Waals surface area contributed by atoms with Crippen molar-refractivity contribution in [3.8, 4) is 0 Å². The van der Waals surface area contributed by atoms with E-state index in [0.29, 0.717) is 24.5 Å². The smallest absolute Gasteiger partial charge is 0.395 e. The van der Waals surface area contributed by atoms with Crippen molar-refractivity contribution in [2.75, 3.05) is 31.2 Å². The van der Waals surface area contributed by atoms with E-state index >= 15 is 0 Å². The van der Waals surface area contributed by atoms with Crippen molar-refractivity contribution in [1.29, 1.82) is 0 Å². The molecule has 0 aromatic heterocycles. The molecule has 2 N–H and O–H groups in total. The van der Waals surface area contributed by atoms with Crippen LogP contribution in [0.4, 0.5) is 30.2 Å². The third-order valence-electron chi connectivity index (χ3n) is 3.75. The first-order valence-corrected chi connectivity index (χ1v) is 8.01. The second kappa shape index (κ2) is 8.77. The molecule has 0 aliphatic rings. The predicted molar refractivity (Wildman–Crippen MR) is 93.2 cm³/mol. The molecule has 0 unspecified atom stereocenters. The molecule has 26 heavy (non-hydrogen) atoms. The van der Waals surface area contributed by atoms with Gasteiger partial charge in [-0.1, -0.05) is 0 Å². The molecule has 0 saturated carbocycles. The average Bonchev–Trinajstić information content (AvgIpc) is 2.60. The topological polar surface area (TPSA) is 68.4 Å². The van der Waals surface area contributed by atoms with Gasteiger partial charge in [-0.05, 0) is 55.0 Å². The molecule has 0 atom stereocenters. The quantitative estimate of drug-likeness (QED) is 0.720. The SMILES string of the molecule is Cc1cc(N(CCO)CCO)ccc1N=Nc1ccc(C(F)(F)F)cc1. The van der Waals surface area contributed by atoms with E-state index in [2.05, 4.69) is 10.2 Å². The van der Waals surface area contributed by atoms with E-state index < -0.39 is 11.7 Å². The van der Waals surface area contributed by atoms with Crippen LogP contribution in [0.2, 0.25) is 0 Å². The lowest BCUT2D eigenvalue weighted by molar-refractivity contribution is -0.137. The van der Waals surface area contributed by atoms with Crippen LogP contribution < -0.4 is 4.90 Å². The Labute approximate surface area is 149 Å². The van der Waals surface area contributed by atoms with Gasteiger partial charge in [0.25, 0.3) is 0 Å². The second-order valence-corrected chi connectivity index (χ2v) is 5.65.